The van der Waals surface area contributed by atoms with E-state index in [2.05, 4.69) is 54.7 Å². The van der Waals surface area contributed by atoms with Crippen LogP contribution in [0.4, 0.5) is 5.69 Å². The summed E-state index contributed by atoms with van der Waals surface area (Å²) in [6, 6.07) is 6.47. The Kier molecular flexibility index (Phi) is 5.01. The van der Waals surface area contributed by atoms with E-state index in [-0.39, 0.29) is 5.41 Å². The van der Waals surface area contributed by atoms with Gasteiger partial charge in [0.05, 0.1) is 6.10 Å². The van der Waals surface area contributed by atoms with Crippen molar-refractivity contribution in [1.82, 2.24) is 0 Å². The van der Waals surface area contributed by atoms with E-state index < -0.39 is 0 Å². The minimum atomic E-state index is 0.221. The van der Waals surface area contributed by atoms with Crippen molar-refractivity contribution in [2.75, 3.05) is 11.9 Å². The first kappa shape index (κ1) is 15.4. The predicted octanol–water partition coefficient (Wildman–Crippen LogP) is 4.95. The lowest BCUT2D eigenvalue weighted by Crippen LogP contribution is -2.59. The van der Waals surface area contributed by atoms with Gasteiger partial charge >= 0.3 is 0 Å². The fourth-order valence-corrected chi connectivity index (χ4v) is 3.80. The Morgan fingerprint density at radius 2 is 2.21 bits per heavy atom. The summed E-state index contributed by atoms with van der Waals surface area (Å²) in [6.07, 6.45) is 2.58. The van der Waals surface area contributed by atoms with Gasteiger partial charge in [-0.3, -0.25) is 0 Å². The first-order valence-electron chi connectivity index (χ1n) is 6.84. The van der Waals surface area contributed by atoms with E-state index in [9.17, 15) is 0 Å². The third-order valence-electron chi connectivity index (χ3n) is 4.37. The molecule has 19 heavy (non-hydrogen) atoms. The third kappa shape index (κ3) is 3.03. The molecule has 4 heteroatoms. The van der Waals surface area contributed by atoms with Crippen LogP contribution in [0, 0.1) is 8.99 Å². The molecule has 3 unspecified atom stereocenters. The van der Waals surface area contributed by atoms with Gasteiger partial charge < -0.3 is 10.1 Å². The molecule has 0 radical (unpaired) electrons. The SMILES string of the molecule is CCOC1CC(Nc2ccc(Cl)cc2I)C1(C)CC. The van der Waals surface area contributed by atoms with E-state index in [1.165, 1.54) is 9.26 Å². The van der Waals surface area contributed by atoms with Gasteiger partial charge in [-0.05, 0) is 60.6 Å². The summed E-state index contributed by atoms with van der Waals surface area (Å²) in [5, 5.41) is 4.44. The van der Waals surface area contributed by atoms with Crippen LogP contribution >= 0.6 is 34.2 Å². The topological polar surface area (TPSA) is 21.3 Å². The highest BCUT2D eigenvalue weighted by atomic mass is 127. The average Bonchev–Trinajstić information content (AvgIpc) is 2.39. The van der Waals surface area contributed by atoms with E-state index in [1.54, 1.807) is 0 Å². The van der Waals surface area contributed by atoms with Crippen molar-refractivity contribution >= 4 is 39.9 Å². The Hall–Kier alpha value is -0.000000000000000111. The smallest absolute Gasteiger partial charge is 0.0667 e. The summed E-state index contributed by atoms with van der Waals surface area (Å²) in [6.45, 7) is 7.42. The van der Waals surface area contributed by atoms with Crippen molar-refractivity contribution in [3.05, 3.63) is 26.8 Å². The zero-order chi connectivity index (χ0) is 14.0. The molecule has 2 rings (SSSR count). The van der Waals surface area contributed by atoms with Crippen LogP contribution in [0.3, 0.4) is 0 Å². The van der Waals surface area contributed by atoms with Gasteiger partial charge in [0, 0.05) is 32.3 Å². The first-order chi connectivity index (χ1) is 9.01. The highest BCUT2D eigenvalue weighted by Crippen LogP contribution is 2.47. The molecule has 0 heterocycles. The summed E-state index contributed by atoms with van der Waals surface area (Å²) in [5.74, 6) is 0. The number of hydrogen-bond donors (Lipinski definition) is 1. The standard InChI is InChI=1S/C15H21ClINO/c1-4-15(3)13(9-14(15)19-5-2)18-12-7-6-10(16)8-11(12)17/h6-8,13-14,18H,4-5,9H2,1-3H3. The second kappa shape index (κ2) is 6.19. The number of halogens is 2. The zero-order valence-electron chi connectivity index (χ0n) is 11.7. The normalized spacial score (nSPS) is 29.9. The Bertz CT molecular complexity index is 454. The third-order valence-corrected chi connectivity index (χ3v) is 5.50. The van der Waals surface area contributed by atoms with Crippen LogP contribution in [0.1, 0.15) is 33.6 Å². The molecule has 1 aromatic carbocycles. The number of rotatable bonds is 5. The largest absolute Gasteiger partial charge is 0.381 e. The lowest BCUT2D eigenvalue weighted by molar-refractivity contribution is -0.109. The molecule has 1 N–H and O–H groups in total. The fraction of sp³-hybridized carbons (Fsp3) is 0.600. The molecular formula is C15H21ClINO. The molecule has 0 aliphatic heterocycles. The number of ether oxygens (including phenoxy) is 1. The highest BCUT2D eigenvalue weighted by Gasteiger charge is 2.51. The number of anilines is 1. The van der Waals surface area contributed by atoms with Crippen LogP contribution in [0.25, 0.3) is 0 Å². The lowest BCUT2D eigenvalue weighted by atomic mass is 9.61. The van der Waals surface area contributed by atoms with Crippen molar-refractivity contribution in [2.45, 2.75) is 45.8 Å². The van der Waals surface area contributed by atoms with Gasteiger partial charge in [-0.2, -0.15) is 0 Å². The number of benzene rings is 1. The molecule has 0 saturated heterocycles. The van der Waals surface area contributed by atoms with Crippen molar-refractivity contribution in [3.63, 3.8) is 0 Å². The van der Waals surface area contributed by atoms with Crippen LogP contribution in [0.5, 0.6) is 0 Å². The molecule has 0 amide bonds. The van der Waals surface area contributed by atoms with Crippen molar-refractivity contribution < 1.29 is 4.74 Å². The highest BCUT2D eigenvalue weighted by molar-refractivity contribution is 14.1. The van der Waals surface area contributed by atoms with Crippen molar-refractivity contribution in [2.24, 2.45) is 5.41 Å². The molecule has 106 valence electrons. The molecule has 1 aliphatic rings. The Morgan fingerprint density at radius 3 is 2.79 bits per heavy atom. The van der Waals surface area contributed by atoms with Gasteiger partial charge in [-0.1, -0.05) is 25.4 Å². The van der Waals surface area contributed by atoms with Gasteiger partial charge in [0.1, 0.15) is 0 Å². The Labute approximate surface area is 134 Å². The molecule has 1 aromatic rings. The second-order valence-electron chi connectivity index (χ2n) is 5.36. The summed E-state index contributed by atoms with van der Waals surface area (Å²) in [5.41, 5.74) is 1.39. The number of nitrogens with one attached hydrogen (secondary N) is 1. The van der Waals surface area contributed by atoms with Crippen LogP contribution < -0.4 is 5.32 Å². The van der Waals surface area contributed by atoms with Crippen LogP contribution in [-0.4, -0.2) is 18.8 Å². The Balaban J connectivity index is 2.08. The first-order valence-corrected chi connectivity index (χ1v) is 8.30. The quantitative estimate of drug-likeness (QED) is 0.715. The molecule has 0 aromatic heterocycles. The van der Waals surface area contributed by atoms with Gasteiger partial charge in [0.2, 0.25) is 0 Å². The molecular weight excluding hydrogens is 373 g/mol. The summed E-state index contributed by atoms with van der Waals surface area (Å²) >= 11 is 8.32. The lowest BCUT2D eigenvalue weighted by Gasteiger charge is -2.54. The fourth-order valence-electron chi connectivity index (χ4n) is 2.77. The van der Waals surface area contributed by atoms with E-state index in [1.807, 2.05) is 12.1 Å². The van der Waals surface area contributed by atoms with Gasteiger partial charge in [0.25, 0.3) is 0 Å². The molecule has 1 aliphatic carbocycles. The van der Waals surface area contributed by atoms with Crippen LogP contribution in [0.15, 0.2) is 18.2 Å². The molecule has 1 saturated carbocycles. The summed E-state index contributed by atoms with van der Waals surface area (Å²) < 4.78 is 7.01. The van der Waals surface area contributed by atoms with E-state index in [0.717, 1.165) is 24.5 Å². The number of hydrogen-bond acceptors (Lipinski definition) is 2. The van der Waals surface area contributed by atoms with Gasteiger partial charge in [0.15, 0.2) is 0 Å². The van der Waals surface area contributed by atoms with Crippen LogP contribution in [0.2, 0.25) is 5.02 Å². The second-order valence-corrected chi connectivity index (χ2v) is 6.96. The maximum absolute atomic E-state index is 6.00. The van der Waals surface area contributed by atoms with Gasteiger partial charge in [-0.25, -0.2) is 0 Å². The van der Waals surface area contributed by atoms with Crippen LogP contribution in [-0.2, 0) is 4.74 Å². The van der Waals surface area contributed by atoms with Crippen molar-refractivity contribution in [1.29, 1.82) is 0 Å². The predicted molar refractivity (Wildman–Crippen MR) is 90.0 cm³/mol. The van der Waals surface area contributed by atoms with E-state index >= 15 is 0 Å². The minimum absolute atomic E-state index is 0.221. The van der Waals surface area contributed by atoms with Crippen molar-refractivity contribution in [3.8, 4) is 0 Å². The molecule has 2 nitrogen and oxygen atoms in total. The van der Waals surface area contributed by atoms with E-state index in [4.69, 9.17) is 16.3 Å². The molecule has 1 fully saturated rings. The van der Waals surface area contributed by atoms with Gasteiger partial charge in [-0.15, -0.1) is 0 Å². The molecule has 0 spiro atoms. The monoisotopic (exact) mass is 393 g/mol. The maximum Gasteiger partial charge on any atom is 0.0667 e. The summed E-state index contributed by atoms with van der Waals surface area (Å²) in [4.78, 5) is 0. The summed E-state index contributed by atoms with van der Waals surface area (Å²) in [7, 11) is 0. The average molecular weight is 394 g/mol. The van der Waals surface area contributed by atoms with E-state index in [0.29, 0.717) is 12.1 Å². The molecule has 3 atom stereocenters. The zero-order valence-corrected chi connectivity index (χ0v) is 14.6. The Morgan fingerprint density at radius 1 is 1.47 bits per heavy atom. The maximum atomic E-state index is 6.00. The molecule has 0 bridgehead atoms. The minimum Gasteiger partial charge on any atom is -0.381 e.